The van der Waals surface area contributed by atoms with Crippen LogP contribution in [0.1, 0.15) is 17.5 Å². The van der Waals surface area contributed by atoms with Crippen LogP contribution in [0.25, 0.3) is 0 Å². The number of aliphatic hydroxyl groups is 1. The number of amides is 1. The van der Waals surface area contributed by atoms with E-state index in [1.165, 1.54) is 18.2 Å². The number of aromatic hydroxyl groups is 2. The van der Waals surface area contributed by atoms with Crippen LogP contribution >= 0.6 is 0 Å². The number of hydrogen-bond acceptors (Lipinski definition) is 5. The summed E-state index contributed by atoms with van der Waals surface area (Å²) in [7, 11) is 0. The molecule has 144 valence electrons. The van der Waals surface area contributed by atoms with Crippen LogP contribution in [0.15, 0.2) is 48.5 Å². The van der Waals surface area contributed by atoms with Crippen LogP contribution < -0.4 is 5.32 Å². The highest BCUT2D eigenvalue weighted by Gasteiger charge is 2.26. The minimum Gasteiger partial charge on any atom is -0.508 e. The molecule has 0 saturated heterocycles. The minimum atomic E-state index is -1.15. The molecule has 27 heavy (non-hydrogen) atoms. The SMILES string of the molecule is O=C(N[C@@H](Cc1ccccc1)C(=O)O)C(CCO)Cc1ccc(O)cc1O. The van der Waals surface area contributed by atoms with Crippen molar-refractivity contribution in [3.05, 3.63) is 59.7 Å². The zero-order valence-electron chi connectivity index (χ0n) is 14.7. The van der Waals surface area contributed by atoms with Gasteiger partial charge in [-0.05, 0) is 30.0 Å². The molecule has 0 heterocycles. The van der Waals surface area contributed by atoms with Gasteiger partial charge in [-0.1, -0.05) is 36.4 Å². The number of phenols is 2. The molecule has 0 bridgehead atoms. The van der Waals surface area contributed by atoms with Crippen molar-refractivity contribution in [2.24, 2.45) is 5.92 Å². The molecule has 2 atom stereocenters. The summed E-state index contributed by atoms with van der Waals surface area (Å²) < 4.78 is 0. The Labute approximate surface area is 156 Å². The lowest BCUT2D eigenvalue weighted by atomic mass is 9.94. The summed E-state index contributed by atoms with van der Waals surface area (Å²) >= 11 is 0. The highest BCUT2D eigenvalue weighted by Crippen LogP contribution is 2.26. The molecular weight excluding hydrogens is 350 g/mol. The van der Waals surface area contributed by atoms with E-state index in [0.717, 1.165) is 5.56 Å². The Kier molecular flexibility index (Phi) is 7.19. The van der Waals surface area contributed by atoms with E-state index >= 15 is 0 Å². The molecule has 2 aromatic carbocycles. The number of aliphatic hydroxyl groups excluding tert-OH is 1. The number of aliphatic carboxylic acids is 1. The van der Waals surface area contributed by atoms with Crippen LogP contribution in [0, 0.1) is 5.92 Å². The summed E-state index contributed by atoms with van der Waals surface area (Å²) in [5, 5.41) is 40.5. The van der Waals surface area contributed by atoms with Gasteiger partial charge in [0.15, 0.2) is 0 Å². The molecule has 7 nitrogen and oxygen atoms in total. The zero-order chi connectivity index (χ0) is 19.8. The molecular formula is C20H23NO6. The Morgan fingerprint density at radius 3 is 2.30 bits per heavy atom. The molecule has 0 spiro atoms. The summed E-state index contributed by atoms with van der Waals surface area (Å²) in [6, 6.07) is 11.9. The second-order valence-electron chi connectivity index (χ2n) is 6.32. The molecule has 0 saturated carbocycles. The van der Waals surface area contributed by atoms with Gasteiger partial charge in [0.05, 0.1) is 0 Å². The Balaban J connectivity index is 2.10. The van der Waals surface area contributed by atoms with Gasteiger partial charge in [-0.3, -0.25) is 4.79 Å². The Morgan fingerprint density at radius 2 is 1.70 bits per heavy atom. The molecule has 0 aliphatic rings. The van der Waals surface area contributed by atoms with E-state index in [4.69, 9.17) is 0 Å². The van der Waals surface area contributed by atoms with Gasteiger partial charge < -0.3 is 25.7 Å². The lowest BCUT2D eigenvalue weighted by molar-refractivity contribution is -0.142. The Hall–Kier alpha value is -3.06. The molecule has 7 heteroatoms. The Bertz CT molecular complexity index is 777. The second-order valence-corrected chi connectivity index (χ2v) is 6.32. The van der Waals surface area contributed by atoms with Crippen molar-refractivity contribution < 1.29 is 30.0 Å². The van der Waals surface area contributed by atoms with Crippen LogP contribution in [0.2, 0.25) is 0 Å². The molecule has 0 radical (unpaired) electrons. The number of carbonyl (C=O) groups excluding carboxylic acids is 1. The van der Waals surface area contributed by atoms with E-state index in [0.29, 0.717) is 5.56 Å². The molecule has 2 rings (SSSR count). The van der Waals surface area contributed by atoms with Crippen LogP contribution in [0.5, 0.6) is 11.5 Å². The number of rotatable bonds is 9. The fraction of sp³-hybridized carbons (Fsp3) is 0.300. The maximum Gasteiger partial charge on any atom is 0.326 e. The molecule has 0 fully saturated rings. The van der Waals surface area contributed by atoms with Gasteiger partial charge in [-0.25, -0.2) is 4.79 Å². The van der Waals surface area contributed by atoms with E-state index in [9.17, 15) is 30.0 Å². The Morgan fingerprint density at radius 1 is 1.00 bits per heavy atom. The average Bonchev–Trinajstić information content (AvgIpc) is 2.63. The van der Waals surface area contributed by atoms with E-state index < -0.39 is 23.8 Å². The quantitative estimate of drug-likeness (QED) is 0.453. The van der Waals surface area contributed by atoms with E-state index in [2.05, 4.69) is 5.32 Å². The van der Waals surface area contributed by atoms with E-state index in [1.54, 1.807) is 24.3 Å². The summed E-state index contributed by atoms with van der Waals surface area (Å²) in [5.41, 5.74) is 1.21. The highest BCUT2D eigenvalue weighted by molar-refractivity contribution is 5.85. The van der Waals surface area contributed by atoms with Crippen molar-refractivity contribution in [3.63, 3.8) is 0 Å². The second kappa shape index (κ2) is 9.59. The zero-order valence-corrected chi connectivity index (χ0v) is 14.7. The first-order valence-corrected chi connectivity index (χ1v) is 8.59. The fourth-order valence-corrected chi connectivity index (χ4v) is 2.81. The lowest BCUT2D eigenvalue weighted by Gasteiger charge is -2.20. The summed E-state index contributed by atoms with van der Waals surface area (Å²) in [4.78, 5) is 24.1. The number of nitrogens with one attached hydrogen (secondary N) is 1. The first kappa shape index (κ1) is 20.3. The molecule has 5 N–H and O–H groups in total. The molecule has 1 unspecified atom stereocenters. The van der Waals surface area contributed by atoms with Crippen LogP contribution in [0.3, 0.4) is 0 Å². The number of hydrogen-bond donors (Lipinski definition) is 5. The number of carboxylic acids is 1. The van der Waals surface area contributed by atoms with Crippen molar-refractivity contribution in [1.82, 2.24) is 5.32 Å². The van der Waals surface area contributed by atoms with Crippen molar-refractivity contribution in [1.29, 1.82) is 0 Å². The number of phenolic OH excluding ortho intramolecular Hbond substituents is 2. The van der Waals surface area contributed by atoms with Crippen LogP contribution in [0.4, 0.5) is 0 Å². The van der Waals surface area contributed by atoms with Crippen molar-refractivity contribution in [3.8, 4) is 11.5 Å². The minimum absolute atomic E-state index is 0.104. The van der Waals surface area contributed by atoms with Crippen molar-refractivity contribution in [2.75, 3.05) is 6.61 Å². The van der Waals surface area contributed by atoms with Crippen molar-refractivity contribution in [2.45, 2.75) is 25.3 Å². The molecule has 0 aromatic heterocycles. The monoisotopic (exact) mass is 373 g/mol. The van der Waals surface area contributed by atoms with E-state index in [1.807, 2.05) is 6.07 Å². The molecule has 1 amide bonds. The third-order valence-electron chi connectivity index (χ3n) is 4.28. The van der Waals surface area contributed by atoms with Crippen LogP contribution in [-0.4, -0.2) is 45.0 Å². The van der Waals surface area contributed by atoms with Gasteiger partial charge >= 0.3 is 5.97 Å². The van der Waals surface area contributed by atoms with Gasteiger partial charge in [0.1, 0.15) is 17.5 Å². The van der Waals surface area contributed by atoms with Crippen LogP contribution in [-0.2, 0) is 22.4 Å². The molecule has 0 aliphatic heterocycles. The predicted molar refractivity (Wildman–Crippen MR) is 98.4 cm³/mol. The number of benzene rings is 2. The summed E-state index contributed by atoms with van der Waals surface area (Å²) in [6.45, 7) is -0.257. The van der Waals surface area contributed by atoms with Gasteiger partial charge in [-0.2, -0.15) is 0 Å². The normalized spacial score (nSPS) is 12.9. The standard InChI is InChI=1S/C20H23NO6/c22-9-8-15(11-14-6-7-16(23)12-18(14)24)19(25)21-17(20(26)27)10-13-4-2-1-3-5-13/h1-7,12,15,17,22-24H,8-11H2,(H,21,25)(H,26,27)/t15?,17-/m0/s1. The van der Waals surface area contributed by atoms with Gasteiger partial charge in [0, 0.05) is 25.0 Å². The maximum absolute atomic E-state index is 12.6. The average molecular weight is 373 g/mol. The predicted octanol–water partition coefficient (Wildman–Crippen LogP) is 1.45. The summed E-state index contributed by atoms with van der Waals surface area (Å²) in [5.74, 6) is -2.65. The van der Waals surface area contributed by atoms with Gasteiger partial charge in [0.25, 0.3) is 0 Å². The first-order chi connectivity index (χ1) is 12.9. The van der Waals surface area contributed by atoms with Gasteiger partial charge in [0.2, 0.25) is 5.91 Å². The first-order valence-electron chi connectivity index (χ1n) is 8.59. The van der Waals surface area contributed by atoms with Crippen molar-refractivity contribution >= 4 is 11.9 Å². The molecule has 0 aliphatic carbocycles. The molecule has 2 aromatic rings. The smallest absolute Gasteiger partial charge is 0.326 e. The van der Waals surface area contributed by atoms with E-state index in [-0.39, 0.29) is 37.4 Å². The van der Waals surface area contributed by atoms with Gasteiger partial charge in [-0.15, -0.1) is 0 Å². The third-order valence-corrected chi connectivity index (χ3v) is 4.28. The topological polar surface area (TPSA) is 127 Å². The largest absolute Gasteiger partial charge is 0.508 e. The maximum atomic E-state index is 12.6. The number of carboxylic acid groups (broad SMARTS) is 1. The third kappa shape index (κ3) is 6.00. The lowest BCUT2D eigenvalue weighted by Crippen LogP contribution is -2.45. The fourth-order valence-electron chi connectivity index (χ4n) is 2.81. The highest BCUT2D eigenvalue weighted by atomic mass is 16.4. The summed E-state index contributed by atoms with van der Waals surface area (Å²) in [6.07, 6.45) is 0.359. The number of carbonyl (C=O) groups is 2.